The summed E-state index contributed by atoms with van der Waals surface area (Å²) in [6.45, 7) is 13.2. The van der Waals surface area contributed by atoms with Crippen LogP contribution in [0.5, 0.6) is 0 Å². The zero-order chi connectivity index (χ0) is 52.9. The van der Waals surface area contributed by atoms with Gasteiger partial charge in [-0.2, -0.15) is 20.7 Å². The van der Waals surface area contributed by atoms with Crippen LogP contribution in [0, 0.1) is 62.0 Å². The zero-order valence-electron chi connectivity index (χ0n) is 40.5. The lowest BCUT2D eigenvalue weighted by molar-refractivity contribution is 0.0634. The Morgan fingerprint density at radius 3 is 1.58 bits per heavy atom. The number of nitrogens with one attached hydrogen (secondary N) is 3. The maximum absolute atomic E-state index is 14.6. The van der Waals surface area contributed by atoms with Crippen molar-refractivity contribution in [3.8, 4) is 12.1 Å². The van der Waals surface area contributed by atoms with Crippen molar-refractivity contribution < 1.29 is 27.9 Å². The molecule has 0 aliphatic rings. The minimum atomic E-state index is -0.647. The number of aryl methyl sites for hydroxylation is 4. The van der Waals surface area contributed by atoms with Crippen molar-refractivity contribution in [3.63, 3.8) is 0 Å². The first-order chi connectivity index (χ1) is 34.6. The number of amides is 3. The van der Waals surface area contributed by atoms with Gasteiger partial charge in [-0.15, -0.1) is 0 Å². The van der Waals surface area contributed by atoms with E-state index in [9.17, 15) is 33.7 Å². The molecule has 0 aliphatic heterocycles. The molecule has 73 heavy (non-hydrogen) atoms. The number of nitrogens with zero attached hydrogens (tertiary/aromatic N) is 10. The van der Waals surface area contributed by atoms with E-state index in [1.807, 2.05) is 32.9 Å². The molecule has 5 N–H and O–H groups in total. The monoisotopic (exact) mass is 1030 g/mol. The number of halogens is 4. The van der Waals surface area contributed by atoms with Crippen LogP contribution in [0.2, 0.25) is 10.0 Å². The smallest absolute Gasteiger partial charge is 0.413 e. The maximum Gasteiger partial charge on any atom is 0.413 e. The van der Waals surface area contributed by atoms with E-state index in [0.717, 1.165) is 27.9 Å². The molecule has 3 amide bonds. The molecule has 0 saturated heterocycles. The molecule has 8 rings (SSSR count). The van der Waals surface area contributed by atoms with Crippen LogP contribution >= 0.6 is 23.2 Å². The number of nitrogen functional groups attached to an aromatic ring is 1. The Bertz CT molecular complexity index is 3530. The van der Waals surface area contributed by atoms with E-state index in [0.29, 0.717) is 49.3 Å². The third-order valence-corrected chi connectivity index (χ3v) is 11.5. The summed E-state index contributed by atoms with van der Waals surface area (Å²) in [5.41, 5.74) is 11.4. The molecule has 0 saturated carbocycles. The van der Waals surface area contributed by atoms with Crippen LogP contribution in [0.15, 0.2) is 73.3 Å². The average molecular weight is 1030 g/mol. The predicted molar refractivity (Wildman–Crippen MR) is 270 cm³/mol. The molecular formula is C51H46Cl2F2N14O4. The lowest BCUT2D eigenvalue weighted by Crippen LogP contribution is -2.28. The lowest BCUT2D eigenvalue weighted by atomic mass is 10.1. The highest BCUT2D eigenvalue weighted by molar-refractivity contribution is 6.31. The van der Waals surface area contributed by atoms with Crippen molar-refractivity contribution in [2.75, 3.05) is 11.1 Å². The van der Waals surface area contributed by atoms with Gasteiger partial charge >= 0.3 is 6.09 Å². The number of benzene rings is 2. The zero-order valence-corrected chi connectivity index (χ0v) is 42.0. The Balaban J connectivity index is 0.000000218. The number of carbonyl (C=O) groups excluding carboxylic acids is 3. The predicted octanol–water partition coefficient (Wildman–Crippen LogP) is 9.10. The van der Waals surface area contributed by atoms with Gasteiger partial charge in [-0.3, -0.25) is 34.2 Å². The Morgan fingerprint density at radius 1 is 0.699 bits per heavy atom. The number of pyridine rings is 4. The molecule has 18 nitrogen and oxygen atoms in total. The Hall–Kier alpha value is -8.59. The number of hydrogen-bond donors (Lipinski definition) is 4. The van der Waals surface area contributed by atoms with Crippen molar-refractivity contribution in [1.29, 1.82) is 10.5 Å². The van der Waals surface area contributed by atoms with Gasteiger partial charge in [0.2, 0.25) is 0 Å². The van der Waals surface area contributed by atoms with Crippen LogP contribution in [0.25, 0.3) is 21.8 Å². The second-order valence-corrected chi connectivity index (χ2v) is 18.7. The molecule has 8 aromatic rings. The Kier molecular flexibility index (Phi) is 15.6. The summed E-state index contributed by atoms with van der Waals surface area (Å²) < 4.78 is 37.1. The van der Waals surface area contributed by atoms with Gasteiger partial charge in [-0.05, 0) is 130 Å². The van der Waals surface area contributed by atoms with Crippen LogP contribution in [-0.2, 0) is 30.9 Å². The number of fused-ring (bicyclic) bond motifs is 2. The summed E-state index contributed by atoms with van der Waals surface area (Å²) in [5.74, 6) is -1.21. The minimum Gasteiger partial charge on any atom is -0.444 e. The summed E-state index contributed by atoms with van der Waals surface area (Å²) in [5, 5.41) is 37.4. The second kappa shape index (κ2) is 21.8. The Morgan fingerprint density at radius 2 is 1.15 bits per heavy atom. The third-order valence-electron chi connectivity index (χ3n) is 11.0. The number of anilines is 2. The number of rotatable bonds is 11. The van der Waals surface area contributed by atoms with Gasteiger partial charge in [0.1, 0.15) is 52.0 Å². The normalized spacial score (nSPS) is 11.1. The topological polar surface area (TPSA) is 257 Å². The van der Waals surface area contributed by atoms with Gasteiger partial charge in [0.05, 0.1) is 34.3 Å². The summed E-state index contributed by atoms with van der Waals surface area (Å²) in [7, 11) is 0. The number of nitriles is 2. The third kappa shape index (κ3) is 12.9. The number of ether oxygens (including phenoxy) is 1. The minimum absolute atomic E-state index is 0.0256. The highest BCUT2D eigenvalue weighted by Crippen LogP contribution is 2.25. The SMILES string of the molecule is Cc1cc(N)nc(C)c1CNC(=O)c1cn(Cc2cc(F)c3ncc(Cl)cc3c2)nc1C#N.Cc1cc(NC(=O)OC(C)(C)C)nc(C)c1CNC(=O)c1cn(Cc2cc(F)c3ncc(Cl)cc3c2)nc1C#N. The number of carbonyl (C=O) groups is 3. The van der Waals surface area contributed by atoms with Crippen LogP contribution < -0.4 is 21.7 Å². The second-order valence-electron chi connectivity index (χ2n) is 17.8. The van der Waals surface area contributed by atoms with E-state index >= 15 is 0 Å². The van der Waals surface area contributed by atoms with E-state index in [1.165, 1.54) is 46.3 Å². The van der Waals surface area contributed by atoms with Crippen LogP contribution in [0.3, 0.4) is 0 Å². The number of hydrogen-bond acceptors (Lipinski definition) is 13. The average Bonchev–Trinajstić information content (AvgIpc) is 3.91. The first kappa shape index (κ1) is 52.2. The fourth-order valence-electron chi connectivity index (χ4n) is 7.81. The fraction of sp³-hybridized carbons (Fsp3) is 0.235. The fourth-order valence-corrected chi connectivity index (χ4v) is 8.15. The summed E-state index contributed by atoms with van der Waals surface area (Å²) >= 11 is 12.0. The standard InChI is InChI=1S/C28H27ClFN7O3.C23H19ClFN7O/c1-15-6-24(35-27(39)40-28(3,4)5)34-16(2)20(15)12-33-26(38)21-14-37(36-23(21)10-31)13-17-7-18-9-19(29)11-32-25(18)22(30)8-17;1-12-3-21(27)30-13(2)17(12)9-29-23(33)18-11-32(31-20(18)7-26)10-14-4-15-6-16(24)8-28-22(15)19(25)5-14/h6-9,11,14H,12-13H2,1-5H3,(H,33,38)(H,34,35,39);3-6,8,11H,9-10H2,1-2H3,(H2,27,30)(H,29,33). The molecule has 6 heterocycles. The van der Waals surface area contributed by atoms with E-state index in [-0.39, 0.29) is 59.7 Å². The lowest BCUT2D eigenvalue weighted by Gasteiger charge is -2.20. The molecular weight excluding hydrogens is 982 g/mol. The molecule has 6 aromatic heterocycles. The summed E-state index contributed by atoms with van der Waals surface area (Å²) in [6.07, 6.45) is 5.05. The molecule has 372 valence electrons. The van der Waals surface area contributed by atoms with E-state index in [1.54, 1.807) is 64.1 Å². The van der Waals surface area contributed by atoms with E-state index in [2.05, 4.69) is 46.1 Å². The van der Waals surface area contributed by atoms with Crippen LogP contribution in [0.4, 0.5) is 25.2 Å². The van der Waals surface area contributed by atoms with Crippen molar-refractivity contribution in [2.45, 2.75) is 80.2 Å². The summed E-state index contributed by atoms with van der Waals surface area (Å²) in [4.78, 5) is 54.5. The first-order valence-corrected chi connectivity index (χ1v) is 23.0. The van der Waals surface area contributed by atoms with Crippen LogP contribution in [-0.4, -0.2) is 63.0 Å². The first-order valence-electron chi connectivity index (χ1n) is 22.3. The van der Waals surface area contributed by atoms with Crippen molar-refractivity contribution in [1.82, 2.24) is 50.1 Å². The number of nitrogens with two attached hydrogens (primary N) is 1. The molecule has 0 aliphatic carbocycles. The van der Waals surface area contributed by atoms with Crippen molar-refractivity contribution >= 4 is 74.6 Å². The Labute approximate surface area is 427 Å². The van der Waals surface area contributed by atoms with Crippen molar-refractivity contribution in [2.24, 2.45) is 0 Å². The van der Waals surface area contributed by atoms with Crippen LogP contribution in [0.1, 0.15) is 97.6 Å². The van der Waals surface area contributed by atoms with E-state index in [4.69, 9.17) is 33.7 Å². The van der Waals surface area contributed by atoms with Gasteiger partial charge < -0.3 is 21.1 Å². The molecule has 0 bridgehead atoms. The molecule has 2 aromatic carbocycles. The molecule has 0 fully saturated rings. The van der Waals surface area contributed by atoms with Gasteiger partial charge in [0.25, 0.3) is 11.8 Å². The molecule has 0 unspecified atom stereocenters. The molecule has 0 radical (unpaired) electrons. The van der Waals surface area contributed by atoms with Gasteiger partial charge in [-0.25, -0.2) is 23.5 Å². The molecule has 0 spiro atoms. The summed E-state index contributed by atoms with van der Waals surface area (Å²) in [6, 6.07) is 16.7. The van der Waals surface area contributed by atoms with Crippen molar-refractivity contribution in [3.05, 3.63) is 162 Å². The highest BCUT2D eigenvalue weighted by Gasteiger charge is 2.21. The van der Waals surface area contributed by atoms with Gasteiger partial charge in [0.15, 0.2) is 11.4 Å². The van der Waals surface area contributed by atoms with Gasteiger partial charge in [0, 0.05) is 60.0 Å². The van der Waals surface area contributed by atoms with E-state index < -0.39 is 35.1 Å². The molecule has 22 heteroatoms. The largest absolute Gasteiger partial charge is 0.444 e. The quantitative estimate of drug-likeness (QED) is 0.0944. The van der Waals surface area contributed by atoms with Gasteiger partial charge in [-0.1, -0.05) is 23.2 Å². The molecule has 0 atom stereocenters. The highest BCUT2D eigenvalue weighted by atomic mass is 35.5. The maximum atomic E-state index is 14.6. The number of aromatic nitrogens is 8.